The van der Waals surface area contributed by atoms with E-state index < -0.39 is 16.0 Å². The van der Waals surface area contributed by atoms with Gasteiger partial charge >= 0.3 is 5.97 Å². The topological polar surface area (TPSA) is 111 Å². The number of esters is 1. The number of anilines is 1. The maximum Gasteiger partial charge on any atom is 0.357 e. The number of nitrogens with one attached hydrogen (secondary N) is 1. The molecule has 0 saturated carbocycles. The third-order valence-corrected chi connectivity index (χ3v) is 5.06. The minimum atomic E-state index is -3.75. The monoisotopic (exact) mass is 367 g/mol. The highest BCUT2D eigenvalue weighted by Gasteiger charge is 2.20. The molecule has 10 heteroatoms. The van der Waals surface area contributed by atoms with Crippen molar-refractivity contribution in [1.29, 1.82) is 0 Å². The first-order valence-corrected chi connectivity index (χ1v) is 9.48. The Hall–Kier alpha value is -2.46. The largest absolute Gasteiger partial charge is 0.461 e. The highest BCUT2D eigenvalue weighted by atomic mass is 32.2. The average molecular weight is 367 g/mol. The molecular formula is C14H13N3O5S2. The summed E-state index contributed by atoms with van der Waals surface area (Å²) in [6, 6.07) is 6.99. The van der Waals surface area contributed by atoms with E-state index in [0.717, 1.165) is 11.3 Å². The second-order valence-electron chi connectivity index (χ2n) is 4.74. The number of benzene rings is 1. The van der Waals surface area contributed by atoms with Gasteiger partial charge in [-0.1, -0.05) is 17.3 Å². The first kappa shape index (κ1) is 16.4. The van der Waals surface area contributed by atoms with E-state index in [1.54, 1.807) is 31.2 Å². The fourth-order valence-electron chi connectivity index (χ4n) is 2.01. The molecule has 0 aliphatic rings. The lowest BCUT2D eigenvalue weighted by Gasteiger charge is -2.03. The minimum absolute atomic E-state index is 0.0615. The van der Waals surface area contributed by atoms with Gasteiger partial charge in [0, 0.05) is 10.8 Å². The number of para-hydroxylation sites is 1. The van der Waals surface area contributed by atoms with E-state index in [-0.39, 0.29) is 23.2 Å². The summed E-state index contributed by atoms with van der Waals surface area (Å²) in [5.74, 6) is -0.958. The molecule has 0 radical (unpaired) electrons. The Kier molecular flexibility index (Phi) is 4.49. The van der Waals surface area contributed by atoms with Gasteiger partial charge in [0.15, 0.2) is 16.4 Å². The highest BCUT2D eigenvalue weighted by Crippen LogP contribution is 2.22. The van der Waals surface area contributed by atoms with Gasteiger partial charge in [-0.3, -0.25) is 4.72 Å². The van der Waals surface area contributed by atoms with Crippen LogP contribution < -0.4 is 4.72 Å². The summed E-state index contributed by atoms with van der Waals surface area (Å²) in [6.45, 7) is 1.90. The molecule has 2 heterocycles. The van der Waals surface area contributed by atoms with E-state index >= 15 is 0 Å². The van der Waals surface area contributed by atoms with Crippen LogP contribution in [-0.2, 0) is 20.5 Å². The van der Waals surface area contributed by atoms with Crippen LogP contribution in [-0.4, -0.2) is 31.1 Å². The lowest BCUT2D eigenvalue weighted by atomic mass is 10.2. The van der Waals surface area contributed by atoms with E-state index in [1.807, 2.05) is 0 Å². The van der Waals surface area contributed by atoms with Crippen LogP contribution in [0.15, 0.2) is 34.2 Å². The third kappa shape index (κ3) is 3.54. The van der Waals surface area contributed by atoms with Gasteiger partial charge in [0.25, 0.3) is 0 Å². The average Bonchev–Trinajstić information content (AvgIpc) is 3.15. The van der Waals surface area contributed by atoms with E-state index in [1.165, 1.54) is 5.38 Å². The van der Waals surface area contributed by atoms with E-state index in [2.05, 4.69) is 14.9 Å². The number of hydrogen-bond donors (Lipinski definition) is 1. The van der Waals surface area contributed by atoms with Crippen molar-refractivity contribution in [2.24, 2.45) is 0 Å². The van der Waals surface area contributed by atoms with Gasteiger partial charge in [-0.15, -0.1) is 11.3 Å². The van der Waals surface area contributed by atoms with Crippen LogP contribution in [0.1, 0.15) is 23.1 Å². The number of carbonyl (C=O) groups is 1. The van der Waals surface area contributed by atoms with E-state index in [4.69, 9.17) is 9.26 Å². The van der Waals surface area contributed by atoms with Gasteiger partial charge < -0.3 is 9.26 Å². The van der Waals surface area contributed by atoms with Gasteiger partial charge in [-0.05, 0) is 19.1 Å². The van der Waals surface area contributed by atoms with Gasteiger partial charge in [0.05, 0.1) is 6.61 Å². The van der Waals surface area contributed by atoms with Gasteiger partial charge in [-0.25, -0.2) is 18.2 Å². The summed E-state index contributed by atoms with van der Waals surface area (Å²) in [4.78, 5) is 15.5. The highest BCUT2D eigenvalue weighted by molar-refractivity contribution is 7.92. The molecule has 126 valence electrons. The summed E-state index contributed by atoms with van der Waals surface area (Å²) in [5, 5.41) is 5.95. The van der Waals surface area contributed by atoms with Crippen LogP contribution in [0.2, 0.25) is 0 Å². The Balaban J connectivity index is 1.76. The number of nitrogens with zero attached hydrogens (tertiary/aromatic N) is 2. The summed E-state index contributed by atoms with van der Waals surface area (Å²) >= 11 is 1.00. The van der Waals surface area contributed by atoms with Crippen molar-refractivity contribution in [2.45, 2.75) is 12.7 Å². The summed E-state index contributed by atoms with van der Waals surface area (Å²) in [7, 11) is -3.75. The number of aromatic nitrogens is 2. The second-order valence-corrected chi connectivity index (χ2v) is 7.33. The molecule has 0 aliphatic carbocycles. The Labute approximate surface area is 141 Å². The standard InChI is InChI=1S/C14H13N3O5S2/c1-2-21-13(18)10-7-23-14(15-10)17-24(19,20)8-11-9-5-3-4-6-12(9)22-16-11/h3-7H,2,8H2,1H3,(H,15,17). The molecule has 0 fully saturated rings. The molecular weight excluding hydrogens is 354 g/mol. The third-order valence-electron chi connectivity index (χ3n) is 3.01. The Morgan fingerprint density at radius 1 is 1.38 bits per heavy atom. The quantitative estimate of drug-likeness (QED) is 0.666. The van der Waals surface area contributed by atoms with Crippen molar-refractivity contribution in [2.75, 3.05) is 11.3 Å². The molecule has 0 spiro atoms. The van der Waals surface area contributed by atoms with Crippen LogP contribution in [0.3, 0.4) is 0 Å². The zero-order valence-corrected chi connectivity index (χ0v) is 14.2. The van der Waals surface area contributed by atoms with Crippen molar-refractivity contribution in [1.82, 2.24) is 10.1 Å². The van der Waals surface area contributed by atoms with E-state index in [0.29, 0.717) is 16.7 Å². The lowest BCUT2D eigenvalue weighted by molar-refractivity contribution is 0.0520. The van der Waals surface area contributed by atoms with Crippen LogP contribution >= 0.6 is 11.3 Å². The summed E-state index contributed by atoms with van der Waals surface area (Å²) in [6.07, 6.45) is 0. The predicted octanol–water partition coefficient (Wildman–Crippen LogP) is 2.40. The number of sulfonamides is 1. The number of rotatable bonds is 6. The Morgan fingerprint density at radius 3 is 2.96 bits per heavy atom. The van der Waals surface area contributed by atoms with Crippen LogP contribution in [0.25, 0.3) is 11.0 Å². The molecule has 0 saturated heterocycles. The van der Waals surface area contributed by atoms with Crippen molar-refractivity contribution in [3.8, 4) is 0 Å². The number of carbonyl (C=O) groups excluding carboxylic acids is 1. The molecule has 1 aromatic carbocycles. The molecule has 0 aliphatic heterocycles. The molecule has 8 nitrogen and oxygen atoms in total. The molecule has 0 amide bonds. The summed E-state index contributed by atoms with van der Waals surface area (Å²) < 4.78 is 36.8. The van der Waals surface area contributed by atoms with Gasteiger partial charge in [-0.2, -0.15) is 0 Å². The number of ether oxygens (including phenoxy) is 1. The Bertz CT molecular complexity index is 977. The number of thiazole rings is 1. The molecule has 1 N–H and O–H groups in total. The first-order valence-electron chi connectivity index (χ1n) is 6.95. The molecule has 2 aromatic heterocycles. The predicted molar refractivity (Wildman–Crippen MR) is 88.3 cm³/mol. The lowest BCUT2D eigenvalue weighted by Crippen LogP contribution is -2.15. The molecule has 0 bridgehead atoms. The van der Waals surface area contributed by atoms with Crippen LogP contribution in [0, 0.1) is 0 Å². The van der Waals surface area contributed by atoms with Crippen LogP contribution in [0.4, 0.5) is 5.13 Å². The smallest absolute Gasteiger partial charge is 0.357 e. The van der Waals surface area contributed by atoms with E-state index in [9.17, 15) is 13.2 Å². The maximum atomic E-state index is 12.3. The number of hydrogen-bond acceptors (Lipinski definition) is 8. The van der Waals surface area contributed by atoms with Gasteiger partial charge in [0.1, 0.15) is 11.4 Å². The fourth-order valence-corrected chi connectivity index (χ4v) is 4.06. The van der Waals surface area contributed by atoms with Crippen molar-refractivity contribution >= 4 is 43.4 Å². The zero-order valence-electron chi connectivity index (χ0n) is 12.6. The van der Waals surface area contributed by atoms with Crippen molar-refractivity contribution in [3.63, 3.8) is 0 Å². The minimum Gasteiger partial charge on any atom is -0.461 e. The molecule has 0 atom stereocenters. The molecule has 0 unspecified atom stereocenters. The fraction of sp³-hybridized carbons (Fsp3) is 0.214. The summed E-state index contributed by atoms with van der Waals surface area (Å²) in [5.41, 5.74) is 0.883. The normalized spacial score (nSPS) is 11.5. The van der Waals surface area contributed by atoms with Crippen molar-refractivity contribution in [3.05, 3.63) is 41.0 Å². The maximum absolute atomic E-state index is 12.3. The Morgan fingerprint density at radius 2 is 2.17 bits per heavy atom. The SMILES string of the molecule is CCOC(=O)c1csc(NS(=O)(=O)Cc2noc3ccccc23)n1. The van der Waals surface area contributed by atoms with Crippen LogP contribution in [0.5, 0.6) is 0 Å². The van der Waals surface area contributed by atoms with Gasteiger partial charge in [0.2, 0.25) is 10.0 Å². The number of fused-ring (bicyclic) bond motifs is 1. The van der Waals surface area contributed by atoms with Crippen molar-refractivity contribution < 1.29 is 22.5 Å². The molecule has 3 aromatic rings. The molecule has 3 rings (SSSR count). The molecule has 24 heavy (non-hydrogen) atoms. The first-order chi connectivity index (χ1) is 11.5. The second kappa shape index (κ2) is 6.57. The zero-order chi connectivity index (χ0) is 17.2.